The second-order valence-corrected chi connectivity index (χ2v) is 6.39. The average molecular weight is 363 g/mol. The highest BCUT2D eigenvalue weighted by Gasteiger charge is 2.14. The Balaban J connectivity index is 1.50. The van der Waals surface area contributed by atoms with Crippen LogP contribution in [0.25, 0.3) is 21.7 Å². The van der Waals surface area contributed by atoms with Gasteiger partial charge in [-0.3, -0.25) is 9.78 Å². The summed E-state index contributed by atoms with van der Waals surface area (Å²) in [5, 5.41) is 6.04. The van der Waals surface area contributed by atoms with Crippen molar-refractivity contribution in [3.05, 3.63) is 81.8 Å². The molecule has 6 nitrogen and oxygen atoms in total. The number of aromatic nitrogens is 2. The zero-order valence-electron chi connectivity index (χ0n) is 13.5. The summed E-state index contributed by atoms with van der Waals surface area (Å²) < 4.78 is 5.19. The van der Waals surface area contributed by atoms with Crippen LogP contribution < -0.4 is 10.9 Å². The van der Waals surface area contributed by atoms with Crippen molar-refractivity contribution >= 4 is 28.2 Å². The third kappa shape index (κ3) is 3.25. The lowest BCUT2D eigenvalue weighted by molar-refractivity contribution is 0.0947. The molecule has 4 rings (SSSR count). The molecule has 0 saturated carbocycles. The molecule has 3 aromatic heterocycles. The van der Waals surface area contributed by atoms with Crippen LogP contribution in [0.4, 0.5) is 0 Å². The second kappa shape index (κ2) is 6.89. The maximum absolute atomic E-state index is 12.4. The van der Waals surface area contributed by atoms with E-state index >= 15 is 0 Å². The van der Waals surface area contributed by atoms with E-state index in [4.69, 9.17) is 4.42 Å². The van der Waals surface area contributed by atoms with Crippen LogP contribution in [0.1, 0.15) is 16.1 Å². The number of amides is 1. The molecule has 0 aliphatic rings. The first kappa shape index (κ1) is 16.2. The van der Waals surface area contributed by atoms with Crippen LogP contribution in [0.5, 0.6) is 0 Å². The summed E-state index contributed by atoms with van der Waals surface area (Å²) in [5.41, 5.74) is 1.26. The van der Waals surface area contributed by atoms with Crippen LogP contribution in [0.3, 0.4) is 0 Å². The van der Waals surface area contributed by atoms with Gasteiger partial charge < -0.3 is 9.73 Å². The zero-order valence-corrected chi connectivity index (χ0v) is 14.3. The summed E-state index contributed by atoms with van der Waals surface area (Å²) in [6.45, 7) is 0.217. The molecular weight excluding hydrogens is 350 g/mol. The van der Waals surface area contributed by atoms with Gasteiger partial charge in [-0.2, -0.15) is 0 Å². The normalized spacial score (nSPS) is 10.8. The van der Waals surface area contributed by atoms with Gasteiger partial charge in [0.2, 0.25) is 0 Å². The second-order valence-electron chi connectivity index (χ2n) is 5.53. The van der Waals surface area contributed by atoms with Crippen molar-refractivity contribution in [1.82, 2.24) is 15.3 Å². The number of para-hydroxylation sites is 1. The zero-order chi connectivity index (χ0) is 17.9. The van der Waals surface area contributed by atoms with Gasteiger partial charge in [0.15, 0.2) is 0 Å². The Morgan fingerprint density at radius 3 is 2.85 bits per heavy atom. The Labute approximate surface area is 152 Å². The van der Waals surface area contributed by atoms with E-state index in [1.807, 2.05) is 29.6 Å². The summed E-state index contributed by atoms with van der Waals surface area (Å²) in [4.78, 5) is 33.1. The number of nitrogens with one attached hydrogen (secondary N) is 1. The van der Waals surface area contributed by atoms with Crippen LogP contribution in [0.2, 0.25) is 0 Å². The van der Waals surface area contributed by atoms with Crippen molar-refractivity contribution < 1.29 is 9.21 Å². The van der Waals surface area contributed by atoms with Gasteiger partial charge in [-0.15, -0.1) is 11.3 Å². The van der Waals surface area contributed by atoms with Crippen LogP contribution in [0.15, 0.2) is 69.3 Å². The number of hydrogen-bond donors (Lipinski definition) is 1. The van der Waals surface area contributed by atoms with Crippen LogP contribution >= 0.6 is 11.3 Å². The monoisotopic (exact) mass is 363 g/mol. The molecule has 0 aliphatic heterocycles. The van der Waals surface area contributed by atoms with Crippen LogP contribution in [-0.4, -0.2) is 15.9 Å². The number of pyridine rings is 1. The Morgan fingerprint density at radius 2 is 2.00 bits per heavy atom. The van der Waals surface area contributed by atoms with Crippen LogP contribution in [0, 0.1) is 0 Å². The molecule has 0 bridgehead atoms. The highest BCUT2D eigenvalue weighted by Crippen LogP contribution is 2.21. The summed E-state index contributed by atoms with van der Waals surface area (Å²) in [5.74, 6) is -0.489. The summed E-state index contributed by atoms with van der Waals surface area (Å²) >= 11 is 1.45. The number of thiazole rings is 1. The SMILES string of the molecule is O=C(NCc1csc(-c2ccccn2)n1)c1cc2ccccc2oc1=O. The van der Waals surface area contributed by atoms with E-state index < -0.39 is 11.5 Å². The predicted molar refractivity (Wildman–Crippen MR) is 99.0 cm³/mol. The minimum absolute atomic E-state index is 0.0242. The van der Waals surface area contributed by atoms with E-state index in [2.05, 4.69) is 15.3 Å². The summed E-state index contributed by atoms with van der Waals surface area (Å²) in [6.07, 6.45) is 1.71. The highest BCUT2D eigenvalue weighted by atomic mass is 32.1. The molecular formula is C19H13N3O3S. The largest absolute Gasteiger partial charge is 0.422 e. The Hall–Kier alpha value is -3.32. The number of benzene rings is 1. The minimum Gasteiger partial charge on any atom is -0.422 e. The number of fused-ring (bicyclic) bond motifs is 1. The molecule has 0 aliphatic carbocycles. The van der Waals surface area contributed by atoms with E-state index in [0.717, 1.165) is 10.7 Å². The smallest absolute Gasteiger partial charge is 0.349 e. The molecule has 0 spiro atoms. The van der Waals surface area contributed by atoms with Gasteiger partial charge in [0.1, 0.15) is 16.2 Å². The topological polar surface area (TPSA) is 85.1 Å². The molecule has 0 unspecified atom stereocenters. The van der Waals surface area contributed by atoms with Gasteiger partial charge in [0, 0.05) is 17.0 Å². The van der Waals surface area contributed by atoms with Crippen molar-refractivity contribution in [2.24, 2.45) is 0 Å². The average Bonchev–Trinajstić information content (AvgIpc) is 3.15. The molecule has 1 N–H and O–H groups in total. The minimum atomic E-state index is -0.659. The molecule has 4 aromatic rings. The first-order valence-corrected chi connectivity index (χ1v) is 8.75. The van der Waals surface area contributed by atoms with Gasteiger partial charge in [0.25, 0.3) is 5.91 Å². The fourth-order valence-electron chi connectivity index (χ4n) is 2.48. The van der Waals surface area contributed by atoms with Crippen molar-refractivity contribution in [2.75, 3.05) is 0 Å². The highest BCUT2D eigenvalue weighted by molar-refractivity contribution is 7.13. The fraction of sp³-hybridized carbons (Fsp3) is 0.0526. The molecule has 0 saturated heterocycles. The predicted octanol–water partition coefficient (Wildman–Crippen LogP) is 3.24. The number of carbonyl (C=O) groups is 1. The Bertz CT molecular complexity index is 1140. The van der Waals surface area contributed by atoms with Crippen molar-refractivity contribution in [1.29, 1.82) is 0 Å². The summed E-state index contributed by atoms with van der Waals surface area (Å²) in [7, 11) is 0. The van der Waals surface area contributed by atoms with E-state index in [9.17, 15) is 9.59 Å². The van der Waals surface area contributed by atoms with E-state index in [1.54, 1.807) is 24.4 Å². The molecule has 7 heteroatoms. The van der Waals surface area contributed by atoms with Gasteiger partial charge in [-0.25, -0.2) is 9.78 Å². The van der Waals surface area contributed by atoms with Crippen molar-refractivity contribution in [3.63, 3.8) is 0 Å². The third-order valence-electron chi connectivity index (χ3n) is 3.75. The lowest BCUT2D eigenvalue weighted by Crippen LogP contribution is -2.27. The maximum Gasteiger partial charge on any atom is 0.349 e. The molecule has 1 amide bonds. The first-order chi connectivity index (χ1) is 12.7. The Kier molecular flexibility index (Phi) is 4.28. The molecule has 128 valence electrons. The van der Waals surface area contributed by atoms with E-state index in [-0.39, 0.29) is 12.1 Å². The third-order valence-corrected chi connectivity index (χ3v) is 4.67. The number of nitrogens with zero attached hydrogens (tertiary/aromatic N) is 2. The lowest BCUT2D eigenvalue weighted by atomic mass is 10.2. The van der Waals surface area contributed by atoms with Crippen molar-refractivity contribution in [3.8, 4) is 10.7 Å². The maximum atomic E-state index is 12.4. The van der Waals surface area contributed by atoms with Crippen LogP contribution in [-0.2, 0) is 6.54 Å². The standard InChI is InChI=1S/C19H13N3O3S/c23-17(14-9-12-5-1-2-7-16(12)25-19(14)24)21-10-13-11-26-18(22-13)15-6-3-4-8-20-15/h1-9,11H,10H2,(H,21,23). The summed E-state index contributed by atoms with van der Waals surface area (Å²) in [6, 6.07) is 14.2. The van der Waals surface area contributed by atoms with Gasteiger partial charge >= 0.3 is 5.63 Å². The quantitative estimate of drug-likeness (QED) is 0.563. The van der Waals surface area contributed by atoms with E-state index in [0.29, 0.717) is 16.7 Å². The van der Waals surface area contributed by atoms with Gasteiger partial charge in [-0.05, 0) is 24.3 Å². The van der Waals surface area contributed by atoms with E-state index in [1.165, 1.54) is 17.4 Å². The lowest BCUT2D eigenvalue weighted by Gasteiger charge is -2.03. The molecule has 0 atom stereocenters. The Morgan fingerprint density at radius 1 is 1.15 bits per heavy atom. The number of rotatable bonds is 4. The van der Waals surface area contributed by atoms with Gasteiger partial charge in [0.05, 0.1) is 17.9 Å². The first-order valence-electron chi connectivity index (χ1n) is 7.87. The van der Waals surface area contributed by atoms with Gasteiger partial charge in [-0.1, -0.05) is 24.3 Å². The molecule has 26 heavy (non-hydrogen) atoms. The molecule has 3 heterocycles. The van der Waals surface area contributed by atoms with Crippen molar-refractivity contribution in [2.45, 2.75) is 6.54 Å². The molecule has 0 radical (unpaired) electrons. The molecule has 1 aromatic carbocycles. The fourth-order valence-corrected chi connectivity index (χ4v) is 3.28. The number of hydrogen-bond acceptors (Lipinski definition) is 6. The molecule has 0 fully saturated rings. The number of carbonyl (C=O) groups excluding carboxylic acids is 1.